The molecular weight excluding hydrogens is 258 g/mol. The van der Waals surface area contributed by atoms with Gasteiger partial charge in [0.1, 0.15) is 0 Å². The van der Waals surface area contributed by atoms with Crippen molar-refractivity contribution in [2.45, 2.75) is 25.4 Å². The van der Waals surface area contributed by atoms with E-state index in [0.717, 1.165) is 16.3 Å². The summed E-state index contributed by atoms with van der Waals surface area (Å²) in [6.07, 6.45) is 1.18. The Hall–Kier alpha value is -1.23. The summed E-state index contributed by atoms with van der Waals surface area (Å²) in [6, 6.07) is 10.1. The van der Waals surface area contributed by atoms with Gasteiger partial charge in [0.05, 0.1) is 16.3 Å². The number of hydrogen-bond acceptors (Lipinski definition) is 4. The molecule has 1 unspecified atom stereocenters. The van der Waals surface area contributed by atoms with Crippen LogP contribution in [0.2, 0.25) is 0 Å². The Balaban J connectivity index is 2.05. The smallest absolute Gasteiger partial charge is 0.0961 e. The topological polar surface area (TPSA) is 42.4 Å². The lowest BCUT2D eigenvalue weighted by atomic mass is 9.99. The van der Waals surface area contributed by atoms with Crippen molar-refractivity contribution >= 4 is 11.3 Å². The van der Waals surface area contributed by atoms with Gasteiger partial charge in [-0.25, -0.2) is 4.98 Å². The van der Waals surface area contributed by atoms with Gasteiger partial charge in [0, 0.05) is 31.1 Å². The highest BCUT2D eigenvalue weighted by atomic mass is 32.1. The first-order chi connectivity index (χ1) is 9.11. The van der Waals surface area contributed by atoms with Crippen LogP contribution in [0.1, 0.15) is 18.4 Å². The van der Waals surface area contributed by atoms with Gasteiger partial charge in [0.25, 0.3) is 0 Å². The van der Waals surface area contributed by atoms with Gasteiger partial charge >= 0.3 is 0 Å². The SMILES string of the molecule is COCCC(C)(O)Cc1nc(-c2ccccc2)cs1. The van der Waals surface area contributed by atoms with E-state index >= 15 is 0 Å². The quantitative estimate of drug-likeness (QED) is 0.882. The van der Waals surface area contributed by atoms with Gasteiger partial charge in [-0.05, 0) is 13.3 Å². The molecule has 102 valence electrons. The van der Waals surface area contributed by atoms with Crippen molar-refractivity contribution in [3.8, 4) is 11.3 Å². The standard InChI is InChI=1S/C15H19NO2S/c1-15(17,8-9-18-2)10-14-16-13(11-19-14)12-6-4-3-5-7-12/h3-7,11,17H,8-10H2,1-2H3. The van der Waals surface area contributed by atoms with E-state index in [1.54, 1.807) is 18.4 Å². The lowest BCUT2D eigenvalue weighted by Gasteiger charge is -2.21. The summed E-state index contributed by atoms with van der Waals surface area (Å²) in [4.78, 5) is 4.59. The summed E-state index contributed by atoms with van der Waals surface area (Å²) in [5, 5.41) is 13.3. The molecule has 0 saturated carbocycles. The van der Waals surface area contributed by atoms with E-state index < -0.39 is 5.60 Å². The van der Waals surface area contributed by atoms with Crippen LogP contribution in [0.15, 0.2) is 35.7 Å². The molecule has 0 aliphatic carbocycles. The Morgan fingerprint density at radius 2 is 2.05 bits per heavy atom. The number of hydrogen-bond donors (Lipinski definition) is 1. The summed E-state index contributed by atoms with van der Waals surface area (Å²) >= 11 is 1.59. The van der Waals surface area contributed by atoms with E-state index in [2.05, 4.69) is 4.98 Å². The number of rotatable bonds is 6. The number of aromatic nitrogens is 1. The number of methoxy groups -OCH3 is 1. The van der Waals surface area contributed by atoms with Crippen molar-refractivity contribution in [3.63, 3.8) is 0 Å². The molecule has 0 radical (unpaired) electrons. The molecule has 0 aliphatic rings. The maximum atomic E-state index is 10.3. The first-order valence-corrected chi connectivity index (χ1v) is 7.20. The molecule has 2 rings (SSSR count). The molecule has 1 heterocycles. The zero-order valence-corrected chi connectivity index (χ0v) is 12.1. The lowest BCUT2D eigenvalue weighted by molar-refractivity contribution is 0.0249. The lowest BCUT2D eigenvalue weighted by Crippen LogP contribution is -2.28. The van der Waals surface area contributed by atoms with Crippen molar-refractivity contribution < 1.29 is 9.84 Å². The molecular formula is C15H19NO2S. The average Bonchev–Trinajstić information content (AvgIpc) is 2.85. The highest BCUT2D eigenvalue weighted by molar-refractivity contribution is 7.09. The fourth-order valence-electron chi connectivity index (χ4n) is 1.87. The fourth-order valence-corrected chi connectivity index (χ4v) is 2.85. The van der Waals surface area contributed by atoms with E-state index in [1.165, 1.54) is 0 Å². The van der Waals surface area contributed by atoms with Crippen molar-refractivity contribution in [3.05, 3.63) is 40.7 Å². The van der Waals surface area contributed by atoms with Crippen LogP contribution in [0, 0.1) is 0 Å². The Morgan fingerprint density at radius 1 is 1.32 bits per heavy atom. The molecule has 0 saturated heterocycles. The van der Waals surface area contributed by atoms with Crippen LogP contribution < -0.4 is 0 Å². The second-order valence-corrected chi connectivity index (χ2v) is 5.85. The van der Waals surface area contributed by atoms with Crippen molar-refractivity contribution in [2.75, 3.05) is 13.7 Å². The third-order valence-corrected chi connectivity index (χ3v) is 3.85. The Kier molecular flexibility index (Phi) is 4.69. The number of benzene rings is 1. The van der Waals surface area contributed by atoms with Crippen LogP contribution in [-0.2, 0) is 11.2 Å². The van der Waals surface area contributed by atoms with Crippen LogP contribution in [-0.4, -0.2) is 29.4 Å². The van der Waals surface area contributed by atoms with Crippen LogP contribution in [0.5, 0.6) is 0 Å². The van der Waals surface area contributed by atoms with E-state index in [4.69, 9.17) is 4.74 Å². The van der Waals surface area contributed by atoms with Gasteiger partial charge in [0.2, 0.25) is 0 Å². The zero-order chi connectivity index (χ0) is 13.7. The summed E-state index contributed by atoms with van der Waals surface area (Å²) < 4.78 is 5.01. The number of thiazole rings is 1. The molecule has 3 nitrogen and oxygen atoms in total. The number of ether oxygens (including phenoxy) is 1. The predicted molar refractivity (Wildman–Crippen MR) is 78.4 cm³/mol. The maximum Gasteiger partial charge on any atom is 0.0961 e. The molecule has 4 heteroatoms. The third-order valence-electron chi connectivity index (χ3n) is 3.00. The number of nitrogens with zero attached hydrogens (tertiary/aromatic N) is 1. The molecule has 2 aromatic rings. The van der Waals surface area contributed by atoms with Crippen LogP contribution in [0.3, 0.4) is 0 Å². The first kappa shape index (κ1) is 14.2. The minimum absolute atomic E-state index is 0.559. The molecule has 1 atom stereocenters. The molecule has 1 aromatic heterocycles. The Morgan fingerprint density at radius 3 is 2.74 bits per heavy atom. The van der Waals surface area contributed by atoms with Gasteiger partial charge in [-0.3, -0.25) is 0 Å². The second kappa shape index (κ2) is 6.28. The van der Waals surface area contributed by atoms with Crippen LogP contribution in [0.25, 0.3) is 11.3 Å². The predicted octanol–water partition coefficient (Wildman–Crippen LogP) is 3.14. The summed E-state index contributed by atoms with van der Waals surface area (Å²) in [6.45, 7) is 2.39. The Labute approximate surface area is 117 Å². The summed E-state index contributed by atoms with van der Waals surface area (Å²) in [5.41, 5.74) is 1.33. The highest BCUT2D eigenvalue weighted by Gasteiger charge is 2.22. The van der Waals surface area contributed by atoms with Crippen molar-refractivity contribution in [1.82, 2.24) is 4.98 Å². The maximum absolute atomic E-state index is 10.3. The molecule has 0 fully saturated rings. The van der Waals surface area contributed by atoms with E-state index in [-0.39, 0.29) is 0 Å². The number of aliphatic hydroxyl groups is 1. The minimum atomic E-state index is -0.762. The normalized spacial score (nSPS) is 14.3. The largest absolute Gasteiger partial charge is 0.390 e. The fraction of sp³-hybridized carbons (Fsp3) is 0.400. The van der Waals surface area contributed by atoms with E-state index in [9.17, 15) is 5.11 Å². The van der Waals surface area contributed by atoms with Crippen molar-refractivity contribution in [1.29, 1.82) is 0 Å². The average molecular weight is 277 g/mol. The van der Waals surface area contributed by atoms with Gasteiger partial charge in [-0.15, -0.1) is 11.3 Å². The minimum Gasteiger partial charge on any atom is -0.390 e. The monoisotopic (exact) mass is 277 g/mol. The van der Waals surface area contributed by atoms with Gasteiger partial charge < -0.3 is 9.84 Å². The van der Waals surface area contributed by atoms with E-state index in [1.807, 2.05) is 42.6 Å². The summed E-state index contributed by atoms with van der Waals surface area (Å²) in [7, 11) is 1.65. The first-order valence-electron chi connectivity index (χ1n) is 6.32. The Bertz CT molecular complexity index is 508. The zero-order valence-electron chi connectivity index (χ0n) is 11.3. The van der Waals surface area contributed by atoms with E-state index in [0.29, 0.717) is 19.4 Å². The molecule has 0 aliphatic heterocycles. The van der Waals surface area contributed by atoms with Crippen LogP contribution in [0.4, 0.5) is 0 Å². The third kappa shape index (κ3) is 4.13. The summed E-state index contributed by atoms with van der Waals surface area (Å²) in [5.74, 6) is 0. The molecule has 0 amide bonds. The van der Waals surface area contributed by atoms with Crippen LogP contribution >= 0.6 is 11.3 Å². The molecule has 1 N–H and O–H groups in total. The second-order valence-electron chi connectivity index (χ2n) is 4.91. The molecule has 0 bridgehead atoms. The van der Waals surface area contributed by atoms with Gasteiger partial charge in [-0.2, -0.15) is 0 Å². The van der Waals surface area contributed by atoms with Crippen molar-refractivity contribution in [2.24, 2.45) is 0 Å². The van der Waals surface area contributed by atoms with Gasteiger partial charge in [0.15, 0.2) is 0 Å². The highest BCUT2D eigenvalue weighted by Crippen LogP contribution is 2.25. The molecule has 19 heavy (non-hydrogen) atoms. The van der Waals surface area contributed by atoms with Gasteiger partial charge in [-0.1, -0.05) is 30.3 Å². The molecule has 1 aromatic carbocycles. The molecule has 0 spiro atoms.